The lowest BCUT2D eigenvalue weighted by Gasteiger charge is -2.15. The summed E-state index contributed by atoms with van der Waals surface area (Å²) in [5, 5.41) is 7.74. The molecule has 1 nitrogen and oxygen atoms in total. The first kappa shape index (κ1) is 12.0. The number of rotatable bonds is 1. The summed E-state index contributed by atoms with van der Waals surface area (Å²) >= 11 is 3.70. The van der Waals surface area contributed by atoms with E-state index in [1.165, 1.54) is 37.9 Å². The van der Waals surface area contributed by atoms with Gasteiger partial charge in [-0.25, -0.2) is 0 Å². The Morgan fingerprint density at radius 2 is 1.65 bits per heavy atom. The molecule has 0 amide bonds. The fourth-order valence-electron chi connectivity index (χ4n) is 3.16. The van der Waals surface area contributed by atoms with Crippen molar-refractivity contribution in [3.05, 3.63) is 52.5 Å². The van der Waals surface area contributed by atoms with Gasteiger partial charge < -0.3 is 4.74 Å². The van der Waals surface area contributed by atoms with Crippen molar-refractivity contribution in [1.82, 2.24) is 0 Å². The molecule has 4 aromatic carbocycles. The predicted octanol–water partition coefficient (Wildman–Crippen LogP) is 5.66. The van der Waals surface area contributed by atoms with E-state index in [2.05, 4.69) is 65.3 Å². The van der Waals surface area contributed by atoms with Crippen LogP contribution in [0.1, 0.15) is 5.56 Å². The first-order valence-electron chi connectivity index (χ1n) is 6.61. The third-order valence-corrected chi connectivity index (χ3v) is 4.91. The van der Waals surface area contributed by atoms with Crippen molar-refractivity contribution in [1.29, 1.82) is 0 Å². The van der Waals surface area contributed by atoms with Crippen LogP contribution in [0.3, 0.4) is 0 Å². The van der Waals surface area contributed by atoms with Crippen LogP contribution in [-0.2, 0) is 0 Å². The van der Waals surface area contributed by atoms with Crippen molar-refractivity contribution in [2.45, 2.75) is 6.92 Å². The van der Waals surface area contributed by atoms with E-state index in [1.807, 2.05) is 0 Å². The Morgan fingerprint density at radius 1 is 0.900 bits per heavy atom. The zero-order valence-electron chi connectivity index (χ0n) is 11.3. The number of aryl methyl sites for hydroxylation is 1. The van der Waals surface area contributed by atoms with E-state index in [0.29, 0.717) is 0 Å². The Kier molecular flexibility index (Phi) is 2.45. The molecule has 0 unspecified atom stereocenters. The number of hydrogen-bond acceptors (Lipinski definition) is 1. The largest absolute Gasteiger partial charge is 0.496 e. The SMILES string of the molecule is COc1cc2ccc3cccc4c(C)cc(c1Br)c2c34. The van der Waals surface area contributed by atoms with Crippen molar-refractivity contribution < 1.29 is 4.74 Å². The molecule has 0 atom stereocenters. The van der Waals surface area contributed by atoms with Gasteiger partial charge in [-0.15, -0.1) is 0 Å². The molecule has 20 heavy (non-hydrogen) atoms. The van der Waals surface area contributed by atoms with Gasteiger partial charge in [0.25, 0.3) is 0 Å². The van der Waals surface area contributed by atoms with Gasteiger partial charge in [0.05, 0.1) is 11.6 Å². The number of ether oxygens (including phenoxy) is 1. The highest BCUT2D eigenvalue weighted by atomic mass is 79.9. The molecule has 0 fully saturated rings. The molecule has 0 saturated carbocycles. The summed E-state index contributed by atoms with van der Waals surface area (Å²) in [6.45, 7) is 2.17. The molecule has 0 aromatic heterocycles. The van der Waals surface area contributed by atoms with Gasteiger partial charge in [-0.05, 0) is 67.5 Å². The van der Waals surface area contributed by atoms with Crippen molar-refractivity contribution in [2.24, 2.45) is 0 Å². The van der Waals surface area contributed by atoms with Gasteiger partial charge in [0.15, 0.2) is 0 Å². The van der Waals surface area contributed by atoms with Crippen LogP contribution in [0.15, 0.2) is 46.9 Å². The second kappa shape index (κ2) is 4.10. The Balaban J connectivity index is 2.40. The summed E-state index contributed by atoms with van der Waals surface area (Å²) in [6.07, 6.45) is 0. The molecule has 0 spiro atoms. The molecule has 0 saturated heterocycles. The molecule has 0 aliphatic rings. The minimum Gasteiger partial charge on any atom is -0.496 e. The van der Waals surface area contributed by atoms with Crippen molar-refractivity contribution in [3.8, 4) is 5.75 Å². The Bertz CT molecular complexity index is 956. The van der Waals surface area contributed by atoms with Gasteiger partial charge in [-0.1, -0.05) is 30.3 Å². The van der Waals surface area contributed by atoms with Gasteiger partial charge in [0.1, 0.15) is 5.75 Å². The number of halogens is 1. The van der Waals surface area contributed by atoms with E-state index in [9.17, 15) is 0 Å². The average molecular weight is 325 g/mol. The molecular weight excluding hydrogens is 312 g/mol. The molecule has 4 rings (SSSR count). The average Bonchev–Trinajstić information content (AvgIpc) is 2.48. The standard InChI is InChI=1S/C18H13BrO/c1-10-8-14-17-12(9-15(20-2)18(14)19)7-6-11-4-3-5-13(10)16(11)17/h3-9H,1-2H3. The van der Waals surface area contributed by atoms with E-state index in [1.54, 1.807) is 7.11 Å². The Morgan fingerprint density at radius 3 is 2.45 bits per heavy atom. The number of methoxy groups -OCH3 is 1. The second-order valence-electron chi connectivity index (χ2n) is 5.20. The van der Waals surface area contributed by atoms with Gasteiger partial charge in [0, 0.05) is 5.39 Å². The molecule has 98 valence electrons. The molecule has 0 heterocycles. The summed E-state index contributed by atoms with van der Waals surface area (Å²) in [4.78, 5) is 0. The molecule has 4 aromatic rings. The second-order valence-corrected chi connectivity index (χ2v) is 5.99. The third-order valence-electron chi connectivity index (χ3n) is 4.09. The summed E-state index contributed by atoms with van der Waals surface area (Å²) in [5.74, 6) is 0.885. The smallest absolute Gasteiger partial charge is 0.134 e. The van der Waals surface area contributed by atoms with Gasteiger partial charge in [0.2, 0.25) is 0 Å². The third kappa shape index (κ3) is 1.43. The van der Waals surface area contributed by atoms with E-state index in [0.717, 1.165) is 10.2 Å². The van der Waals surface area contributed by atoms with Crippen molar-refractivity contribution >= 4 is 48.2 Å². The van der Waals surface area contributed by atoms with Crippen LogP contribution in [0, 0.1) is 6.92 Å². The minimum atomic E-state index is 0.885. The summed E-state index contributed by atoms with van der Waals surface area (Å²) in [7, 11) is 1.71. The van der Waals surface area contributed by atoms with Crippen LogP contribution in [-0.4, -0.2) is 7.11 Å². The van der Waals surface area contributed by atoms with E-state index < -0.39 is 0 Å². The summed E-state index contributed by atoms with van der Waals surface area (Å²) in [6, 6.07) is 15.2. The fraction of sp³-hybridized carbons (Fsp3) is 0.111. The predicted molar refractivity (Wildman–Crippen MR) is 89.1 cm³/mol. The first-order chi connectivity index (χ1) is 9.70. The molecule has 0 radical (unpaired) electrons. The first-order valence-corrected chi connectivity index (χ1v) is 7.40. The zero-order valence-corrected chi connectivity index (χ0v) is 12.9. The summed E-state index contributed by atoms with van der Waals surface area (Å²) < 4.78 is 6.52. The lowest BCUT2D eigenvalue weighted by atomic mass is 9.91. The lowest BCUT2D eigenvalue weighted by Crippen LogP contribution is -1.91. The molecule has 0 aliphatic carbocycles. The topological polar surface area (TPSA) is 9.23 Å². The normalized spacial score (nSPS) is 11.8. The fourth-order valence-corrected chi connectivity index (χ4v) is 3.75. The van der Waals surface area contributed by atoms with Crippen LogP contribution in [0.2, 0.25) is 0 Å². The van der Waals surface area contributed by atoms with Crippen molar-refractivity contribution in [3.63, 3.8) is 0 Å². The van der Waals surface area contributed by atoms with Crippen LogP contribution >= 0.6 is 15.9 Å². The molecular formula is C18H13BrO. The zero-order chi connectivity index (χ0) is 13.9. The van der Waals surface area contributed by atoms with Crippen LogP contribution in [0.4, 0.5) is 0 Å². The summed E-state index contributed by atoms with van der Waals surface area (Å²) in [5.41, 5.74) is 1.30. The van der Waals surface area contributed by atoms with E-state index in [4.69, 9.17) is 4.74 Å². The molecule has 0 aliphatic heterocycles. The van der Waals surface area contributed by atoms with Crippen molar-refractivity contribution in [2.75, 3.05) is 7.11 Å². The highest BCUT2D eigenvalue weighted by Crippen LogP contribution is 2.43. The maximum Gasteiger partial charge on any atom is 0.134 e. The Hall–Kier alpha value is -1.80. The van der Waals surface area contributed by atoms with Gasteiger partial charge in [-0.3, -0.25) is 0 Å². The molecule has 0 N–H and O–H groups in total. The maximum atomic E-state index is 5.49. The Labute approximate surface area is 125 Å². The quantitative estimate of drug-likeness (QED) is 0.410. The highest BCUT2D eigenvalue weighted by molar-refractivity contribution is 9.10. The van der Waals surface area contributed by atoms with Gasteiger partial charge >= 0.3 is 0 Å². The number of benzene rings is 4. The number of hydrogen-bond donors (Lipinski definition) is 0. The monoisotopic (exact) mass is 324 g/mol. The maximum absolute atomic E-state index is 5.49. The highest BCUT2D eigenvalue weighted by Gasteiger charge is 2.14. The van der Waals surface area contributed by atoms with Crippen LogP contribution in [0.25, 0.3) is 32.3 Å². The van der Waals surface area contributed by atoms with Gasteiger partial charge in [-0.2, -0.15) is 0 Å². The molecule has 0 bridgehead atoms. The molecule has 2 heteroatoms. The van der Waals surface area contributed by atoms with E-state index >= 15 is 0 Å². The van der Waals surface area contributed by atoms with Crippen LogP contribution in [0.5, 0.6) is 5.75 Å². The van der Waals surface area contributed by atoms with Crippen LogP contribution < -0.4 is 4.74 Å². The van der Waals surface area contributed by atoms with E-state index in [-0.39, 0.29) is 0 Å². The lowest BCUT2D eigenvalue weighted by molar-refractivity contribution is 0.413. The minimum absolute atomic E-state index is 0.885.